The van der Waals surface area contributed by atoms with Gasteiger partial charge in [-0.25, -0.2) is 0 Å². The number of hydrogen-bond donors (Lipinski definition) is 2. The van der Waals surface area contributed by atoms with E-state index in [-0.39, 0.29) is 24.6 Å². The van der Waals surface area contributed by atoms with Crippen molar-refractivity contribution < 1.29 is 14.3 Å². The minimum Gasteiger partial charge on any atom is -0.495 e. The van der Waals surface area contributed by atoms with Crippen LogP contribution >= 0.6 is 12.2 Å². The molecule has 8 nitrogen and oxygen atoms in total. The highest BCUT2D eigenvalue weighted by Crippen LogP contribution is 2.43. The first-order valence-corrected chi connectivity index (χ1v) is 12.6. The molecule has 2 aromatic heterocycles. The second kappa shape index (κ2) is 11.0. The van der Waals surface area contributed by atoms with Crippen molar-refractivity contribution in [2.24, 2.45) is 0 Å². The number of methoxy groups -OCH3 is 2. The molecule has 0 bridgehead atoms. The Morgan fingerprint density at radius 1 is 1.05 bits per heavy atom. The average molecular weight is 528 g/mol. The Morgan fingerprint density at radius 2 is 1.84 bits per heavy atom. The van der Waals surface area contributed by atoms with Crippen LogP contribution in [0.1, 0.15) is 29.0 Å². The lowest BCUT2D eigenvalue weighted by molar-refractivity contribution is -0.119. The number of pyridine rings is 1. The number of hydrogen-bond acceptors (Lipinski definition) is 5. The maximum atomic E-state index is 12.3. The van der Waals surface area contributed by atoms with E-state index in [0.717, 1.165) is 22.8 Å². The molecule has 2 N–H and O–H groups in total. The molecule has 1 saturated heterocycles. The Kier molecular flexibility index (Phi) is 7.39. The number of aryl methyl sites for hydroxylation is 1. The number of anilines is 2. The summed E-state index contributed by atoms with van der Waals surface area (Å²) in [5.74, 6) is 0.262. The predicted molar refractivity (Wildman–Crippen MR) is 152 cm³/mol. The molecule has 2 aromatic carbocycles. The van der Waals surface area contributed by atoms with E-state index in [0.29, 0.717) is 16.5 Å². The van der Waals surface area contributed by atoms with Crippen molar-refractivity contribution in [1.82, 2.24) is 14.9 Å². The van der Waals surface area contributed by atoms with E-state index in [9.17, 15) is 4.79 Å². The molecule has 2 atom stereocenters. The number of rotatable bonds is 8. The van der Waals surface area contributed by atoms with Crippen LogP contribution in [-0.4, -0.2) is 41.4 Å². The zero-order valence-electron chi connectivity index (χ0n) is 21.4. The van der Waals surface area contributed by atoms with Gasteiger partial charge in [-0.3, -0.25) is 9.78 Å². The molecule has 1 amide bonds. The zero-order valence-corrected chi connectivity index (χ0v) is 22.2. The van der Waals surface area contributed by atoms with Crippen molar-refractivity contribution in [2.45, 2.75) is 19.0 Å². The summed E-state index contributed by atoms with van der Waals surface area (Å²) < 4.78 is 12.7. The van der Waals surface area contributed by atoms with E-state index < -0.39 is 0 Å². The molecule has 38 heavy (non-hydrogen) atoms. The summed E-state index contributed by atoms with van der Waals surface area (Å²) in [6, 6.07) is 23.6. The highest BCUT2D eigenvalue weighted by Gasteiger charge is 2.42. The fourth-order valence-electron chi connectivity index (χ4n) is 4.77. The standard InChI is InChI=1S/C29H29N5O3S/c1-19-9-11-20(12-10-19)33-16-6-8-24(33)28-27(22-7-4-5-15-30-22)32-29(38)34(28)21-13-14-25(37-3)23(17-21)31-26(35)18-36-2/h4-17,27-28H,18H2,1-3H3,(H,31,35)(H,32,38). The summed E-state index contributed by atoms with van der Waals surface area (Å²) >= 11 is 5.90. The van der Waals surface area contributed by atoms with E-state index in [1.807, 2.05) is 42.5 Å². The van der Waals surface area contributed by atoms with Gasteiger partial charge >= 0.3 is 0 Å². The number of aromatic nitrogens is 2. The van der Waals surface area contributed by atoms with Gasteiger partial charge in [0.15, 0.2) is 5.11 Å². The van der Waals surface area contributed by atoms with Crippen molar-refractivity contribution >= 4 is 34.6 Å². The van der Waals surface area contributed by atoms with Crippen LogP contribution in [0.2, 0.25) is 0 Å². The molecule has 1 fully saturated rings. The molecule has 0 radical (unpaired) electrons. The fourth-order valence-corrected chi connectivity index (χ4v) is 5.12. The lowest BCUT2D eigenvalue weighted by Crippen LogP contribution is -2.30. The topological polar surface area (TPSA) is 80.7 Å². The Hall–Kier alpha value is -4.21. The first-order valence-electron chi connectivity index (χ1n) is 12.2. The number of thiocarbonyl (C=S) groups is 1. The van der Waals surface area contributed by atoms with Gasteiger partial charge in [-0.1, -0.05) is 23.8 Å². The lowest BCUT2D eigenvalue weighted by Gasteiger charge is -2.29. The summed E-state index contributed by atoms with van der Waals surface area (Å²) in [6.07, 6.45) is 3.84. The largest absolute Gasteiger partial charge is 0.495 e. The van der Waals surface area contributed by atoms with Crippen molar-refractivity contribution in [1.29, 1.82) is 0 Å². The third-order valence-corrected chi connectivity index (χ3v) is 6.82. The normalized spacial score (nSPS) is 16.8. The summed E-state index contributed by atoms with van der Waals surface area (Å²) in [5, 5.41) is 6.93. The van der Waals surface area contributed by atoms with Gasteiger partial charge < -0.3 is 29.6 Å². The number of carbonyl (C=O) groups is 1. The average Bonchev–Trinajstić information content (AvgIpc) is 3.54. The van der Waals surface area contributed by atoms with E-state index in [2.05, 4.69) is 68.5 Å². The highest BCUT2D eigenvalue weighted by atomic mass is 32.1. The molecule has 5 rings (SSSR count). The molecule has 0 saturated carbocycles. The van der Waals surface area contributed by atoms with E-state index in [1.54, 1.807) is 13.3 Å². The van der Waals surface area contributed by atoms with Gasteiger partial charge in [-0.2, -0.15) is 0 Å². The second-order valence-electron chi connectivity index (χ2n) is 9.00. The maximum Gasteiger partial charge on any atom is 0.250 e. The van der Waals surface area contributed by atoms with Gasteiger partial charge in [0.1, 0.15) is 18.4 Å². The molecule has 9 heteroatoms. The van der Waals surface area contributed by atoms with Crippen LogP contribution in [-0.2, 0) is 9.53 Å². The Bertz CT molecular complexity index is 1440. The Labute approximate surface area is 227 Å². The molecule has 2 unspecified atom stereocenters. The van der Waals surface area contributed by atoms with Crippen molar-refractivity contribution in [3.8, 4) is 11.4 Å². The van der Waals surface area contributed by atoms with E-state index >= 15 is 0 Å². The minimum absolute atomic E-state index is 0.0640. The number of ether oxygens (including phenoxy) is 2. The number of carbonyl (C=O) groups excluding carboxylic acids is 1. The zero-order chi connectivity index (χ0) is 26.6. The van der Waals surface area contributed by atoms with E-state index in [4.69, 9.17) is 21.7 Å². The molecule has 4 aromatic rings. The lowest BCUT2D eigenvalue weighted by atomic mass is 10.0. The fraction of sp³-hybridized carbons (Fsp3) is 0.207. The molecular formula is C29H29N5O3S. The second-order valence-corrected chi connectivity index (χ2v) is 9.39. The van der Waals surface area contributed by atoms with Crippen molar-refractivity contribution in [2.75, 3.05) is 31.0 Å². The van der Waals surface area contributed by atoms with Crippen LogP contribution in [0.25, 0.3) is 5.69 Å². The molecule has 0 spiro atoms. The third-order valence-electron chi connectivity index (χ3n) is 6.50. The molecule has 3 heterocycles. The van der Waals surface area contributed by atoms with Crippen LogP contribution in [0.4, 0.5) is 11.4 Å². The third kappa shape index (κ3) is 4.98. The van der Waals surface area contributed by atoms with Gasteiger partial charge in [0, 0.05) is 36.6 Å². The van der Waals surface area contributed by atoms with Crippen LogP contribution < -0.4 is 20.3 Å². The monoisotopic (exact) mass is 527 g/mol. The number of nitrogens with zero attached hydrogens (tertiary/aromatic N) is 3. The number of nitrogens with one attached hydrogen (secondary N) is 2. The molecule has 1 aliphatic rings. The molecule has 194 valence electrons. The summed E-state index contributed by atoms with van der Waals surface area (Å²) in [7, 11) is 3.05. The first-order chi connectivity index (χ1) is 18.5. The smallest absolute Gasteiger partial charge is 0.250 e. The van der Waals surface area contributed by atoms with Crippen molar-refractivity contribution in [3.05, 3.63) is 102 Å². The van der Waals surface area contributed by atoms with Gasteiger partial charge in [-0.15, -0.1) is 0 Å². The van der Waals surface area contributed by atoms with Crippen LogP contribution in [0.3, 0.4) is 0 Å². The van der Waals surface area contributed by atoms with Crippen LogP contribution in [0.5, 0.6) is 5.75 Å². The van der Waals surface area contributed by atoms with E-state index in [1.165, 1.54) is 12.7 Å². The maximum absolute atomic E-state index is 12.3. The molecular weight excluding hydrogens is 498 g/mol. The number of amides is 1. The Balaban J connectivity index is 1.62. The SMILES string of the molecule is COCC(=O)Nc1cc(N2C(=S)NC(c3ccccn3)C2c2cccn2-c2ccc(C)cc2)ccc1OC. The summed E-state index contributed by atoms with van der Waals surface area (Å²) in [4.78, 5) is 19.1. The molecule has 0 aliphatic carbocycles. The summed E-state index contributed by atoms with van der Waals surface area (Å²) in [6.45, 7) is 2.01. The quantitative estimate of drug-likeness (QED) is 0.314. The van der Waals surface area contributed by atoms with Crippen LogP contribution in [0, 0.1) is 6.92 Å². The van der Waals surface area contributed by atoms with Crippen LogP contribution in [0.15, 0.2) is 85.2 Å². The van der Waals surface area contributed by atoms with Gasteiger partial charge in [0.05, 0.1) is 24.5 Å². The first kappa shape index (κ1) is 25.4. The van der Waals surface area contributed by atoms with Gasteiger partial charge in [0.25, 0.3) is 0 Å². The Morgan fingerprint density at radius 3 is 2.55 bits per heavy atom. The van der Waals surface area contributed by atoms with Gasteiger partial charge in [-0.05, 0) is 73.7 Å². The highest BCUT2D eigenvalue weighted by molar-refractivity contribution is 7.80. The summed E-state index contributed by atoms with van der Waals surface area (Å²) in [5.41, 5.74) is 5.49. The minimum atomic E-state index is -0.277. The molecule has 1 aliphatic heterocycles. The predicted octanol–water partition coefficient (Wildman–Crippen LogP) is 4.95. The number of benzene rings is 2. The van der Waals surface area contributed by atoms with Gasteiger partial charge in [0.2, 0.25) is 5.91 Å². The van der Waals surface area contributed by atoms with Crippen molar-refractivity contribution in [3.63, 3.8) is 0 Å².